The van der Waals surface area contributed by atoms with E-state index in [0.717, 1.165) is 91.0 Å². The van der Waals surface area contributed by atoms with Crippen molar-refractivity contribution in [2.24, 2.45) is 7.05 Å². The van der Waals surface area contributed by atoms with Crippen LogP contribution in [0.3, 0.4) is 0 Å². The summed E-state index contributed by atoms with van der Waals surface area (Å²) in [4.78, 5) is 32.5. The summed E-state index contributed by atoms with van der Waals surface area (Å²) in [6.45, 7) is 3.85. The zero-order chi connectivity index (χ0) is 37.5. The molecule has 14 heteroatoms. The number of aromatic nitrogens is 4. The van der Waals surface area contributed by atoms with Crippen LogP contribution in [0.1, 0.15) is 54.5 Å². The number of hydrogen-bond acceptors (Lipinski definition) is 8. The Morgan fingerprint density at radius 2 is 1.75 bits per heavy atom. The molecular formula is C39H39ClF3N7O3. The van der Waals surface area contributed by atoms with Gasteiger partial charge in [0, 0.05) is 47.8 Å². The number of methoxy groups -OCH3 is 1. The van der Waals surface area contributed by atoms with Crippen LogP contribution in [-0.4, -0.2) is 51.4 Å². The number of piperidine rings is 1. The van der Waals surface area contributed by atoms with E-state index in [0.29, 0.717) is 27.8 Å². The summed E-state index contributed by atoms with van der Waals surface area (Å²) < 4.78 is 47.7. The Balaban J connectivity index is 0.000000336. The molecule has 53 heavy (non-hydrogen) atoms. The third kappa shape index (κ3) is 7.19. The summed E-state index contributed by atoms with van der Waals surface area (Å²) in [7, 11) is 3.04. The fourth-order valence-corrected chi connectivity index (χ4v) is 7.87. The minimum Gasteiger partial charge on any atom is -0.481 e. The van der Waals surface area contributed by atoms with E-state index in [-0.39, 0.29) is 28.0 Å². The van der Waals surface area contributed by atoms with Crippen LogP contribution < -0.4 is 26.2 Å². The monoisotopic (exact) mass is 745 g/mol. The Hall–Kier alpha value is -5.01. The Labute approximate surface area is 309 Å². The first-order valence-corrected chi connectivity index (χ1v) is 17.9. The molecule has 3 aliphatic rings. The quantitative estimate of drug-likeness (QED) is 0.171. The van der Waals surface area contributed by atoms with E-state index in [2.05, 4.69) is 32.1 Å². The first-order chi connectivity index (χ1) is 25.4. The summed E-state index contributed by atoms with van der Waals surface area (Å²) in [6.07, 6.45) is 3.47. The molecule has 0 saturated carbocycles. The number of nitrogens with zero attached hydrogens (tertiary/aromatic N) is 4. The van der Waals surface area contributed by atoms with Gasteiger partial charge < -0.3 is 20.7 Å². The second kappa shape index (κ2) is 14.4. The average molecular weight is 746 g/mol. The van der Waals surface area contributed by atoms with E-state index in [1.165, 1.54) is 18.8 Å². The van der Waals surface area contributed by atoms with Crippen LogP contribution in [0.4, 0.5) is 24.7 Å². The van der Waals surface area contributed by atoms with E-state index < -0.39 is 17.4 Å². The number of pyridine rings is 2. The molecule has 1 amide bonds. The number of nitrogens with one attached hydrogen (secondary N) is 3. The van der Waals surface area contributed by atoms with Gasteiger partial charge in [-0.25, -0.2) is 14.6 Å². The van der Waals surface area contributed by atoms with Crippen LogP contribution in [0.2, 0.25) is 5.02 Å². The molecule has 1 atom stereocenters. The van der Waals surface area contributed by atoms with Gasteiger partial charge in [0.25, 0.3) is 5.56 Å². The SMILES string of the molecule is COc1nc(-c2cccc(-c3cccc(Nc4nc(C(F)(F)F)cc5cnn(C)c(=O)c45)c3C)c2Cl)cc2c1CCC2.O=C1CCCC2(CCNC2)N1. The van der Waals surface area contributed by atoms with Crippen LogP contribution >= 0.6 is 11.6 Å². The van der Waals surface area contributed by atoms with Crippen molar-refractivity contribution in [3.8, 4) is 28.3 Å². The molecule has 1 spiro atoms. The lowest BCUT2D eigenvalue weighted by molar-refractivity contribution is -0.141. The normalized spacial score (nSPS) is 18.1. The number of carbonyl (C=O) groups is 1. The number of aryl methyl sites for hydroxylation is 2. The van der Waals surface area contributed by atoms with E-state index in [1.54, 1.807) is 19.2 Å². The molecule has 1 unspecified atom stereocenters. The summed E-state index contributed by atoms with van der Waals surface area (Å²) >= 11 is 7.01. The second-order valence-corrected chi connectivity index (χ2v) is 14.2. The topological polar surface area (TPSA) is 123 Å². The Morgan fingerprint density at radius 1 is 0.981 bits per heavy atom. The van der Waals surface area contributed by atoms with Gasteiger partial charge in [0.15, 0.2) is 0 Å². The maximum Gasteiger partial charge on any atom is 0.433 e. The van der Waals surface area contributed by atoms with Gasteiger partial charge in [-0.1, -0.05) is 41.9 Å². The first kappa shape index (κ1) is 36.4. The predicted octanol–water partition coefficient (Wildman–Crippen LogP) is 7.30. The number of hydrogen-bond donors (Lipinski definition) is 3. The number of benzene rings is 2. The number of anilines is 2. The summed E-state index contributed by atoms with van der Waals surface area (Å²) in [6, 6.07) is 13.9. The fraction of sp³-hybridized carbons (Fsp3) is 0.359. The number of rotatable bonds is 5. The van der Waals surface area contributed by atoms with Gasteiger partial charge in [-0.15, -0.1) is 0 Å². The average Bonchev–Trinajstić information content (AvgIpc) is 3.80. The molecule has 2 fully saturated rings. The van der Waals surface area contributed by atoms with Crippen LogP contribution in [0.25, 0.3) is 33.2 Å². The zero-order valence-electron chi connectivity index (χ0n) is 29.6. The number of carbonyl (C=O) groups excluding carboxylic acids is 1. The van der Waals surface area contributed by atoms with Gasteiger partial charge >= 0.3 is 6.18 Å². The molecular weight excluding hydrogens is 707 g/mol. The molecule has 10 nitrogen and oxygen atoms in total. The molecule has 2 aromatic carbocycles. The molecule has 8 rings (SSSR count). The van der Waals surface area contributed by atoms with Crippen LogP contribution in [0.15, 0.2) is 59.5 Å². The highest BCUT2D eigenvalue weighted by atomic mass is 35.5. The molecule has 2 aliphatic heterocycles. The van der Waals surface area contributed by atoms with Crippen molar-refractivity contribution >= 4 is 39.8 Å². The highest BCUT2D eigenvalue weighted by molar-refractivity contribution is 6.36. The maximum absolute atomic E-state index is 13.7. The van der Waals surface area contributed by atoms with Gasteiger partial charge in [0.1, 0.15) is 11.5 Å². The number of amides is 1. The van der Waals surface area contributed by atoms with E-state index in [1.807, 2.05) is 31.2 Å². The van der Waals surface area contributed by atoms with Crippen molar-refractivity contribution in [3.63, 3.8) is 0 Å². The number of fused-ring (bicyclic) bond motifs is 2. The lowest BCUT2D eigenvalue weighted by atomic mass is 9.88. The third-order valence-corrected chi connectivity index (χ3v) is 10.7. The summed E-state index contributed by atoms with van der Waals surface area (Å²) in [5, 5.41) is 13.8. The Morgan fingerprint density at radius 3 is 2.49 bits per heavy atom. The van der Waals surface area contributed by atoms with Crippen molar-refractivity contribution in [2.45, 2.75) is 63.6 Å². The Kier molecular flexibility index (Phi) is 9.90. The van der Waals surface area contributed by atoms with Crippen LogP contribution in [-0.2, 0) is 30.9 Å². The second-order valence-electron chi connectivity index (χ2n) is 13.8. The van der Waals surface area contributed by atoms with E-state index >= 15 is 0 Å². The van der Waals surface area contributed by atoms with E-state index in [9.17, 15) is 22.8 Å². The molecule has 3 aromatic heterocycles. The van der Waals surface area contributed by atoms with Gasteiger partial charge in [0.05, 0.1) is 34.9 Å². The number of halogens is 4. The van der Waals surface area contributed by atoms with Crippen molar-refractivity contribution < 1.29 is 22.7 Å². The van der Waals surface area contributed by atoms with Crippen molar-refractivity contribution in [1.82, 2.24) is 30.4 Å². The molecule has 5 heterocycles. The molecule has 0 radical (unpaired) electrons. The van der Waals surface area contributed by atoms with Crippen molar-refractivity contribution in [3.05, 3.63) is 92.5 Å². The van der Waals surface area contributed by atoms with Crippen LogP contribution in [0, 0.1) is 6.92 Å². The first-order valence-electron chi connectivity index (χ1n) is 17.6. The maximum atomic E-state index is 13.7. The van der Waals surface area contributed by atoms with Crippen molar-refractivity contribution in [2.75, 3.05) is 25.5 Å². The lowest BCUT2D eigenvalue weighted by Crippen LogP contribution is -2.52. The number of alkyl halides is 3. The molecule has 1 aliphatic carbocycles. The predicted molar refractivity (Wildman–Crippen MR) is 199 cm³/mol. The minimum absolute atomic E-state index is 0.00182. The lowest BCUT2D eigenvalue weighted by Gasteiger charge is -2.33. The summed E-state index contributed by atoms with van der Waals surface area (Å²) in [5.41, 5.74) is 4.85. The van der Waals surface area contributed by atoms with E-state index in [4.69, 9.17) is 21.3 Å². The molecule has 276 valence electrons. The highest BCUT2D eigenvalue weighted by Gasteiger charge is 2.37. The van der Waals surface area contributed by atoms with Gasteiger partial charge in [-0.2, -0.15) is 18.3 Å². The molecule has 0 bridgehead atoms. The van der Waals surface area contributed by atoms with Gasteiger partial charge in [0.2, 0.25) is 11.8 Å². The number of ether oxygens (including phenoxy) is 1. The summed E-state index contributed by atoms with van der Waals surface area (Å²) in [5.74, 6) is 0.628. The highest BCUT2D eigenvalue weighted by Crippen LogP contribution is 2.41. The third-order valence-electron chi connectivity index (χ3n) is 10.3. The van der Waals surface area contributed by atoms with Crippen LogP contribution in [0.5, 0.6) is 5.88 Å². The van der Waals surface area contributed by atoms with Gasteiger partial charge in [-0.3, -0.25) is 9.59 Å². The molecule has 3 N–H and O–H groups in total. The fourth-order valence-electron chi connectivity index (χ4n) is 7.54. The smallest absolute Gasteiger partial charge is 0.433 e. The molecule has 5 aromatic rings. The Bertz CT molecular complexity index is 2290. The minimum atomic E-state index is -4.72. The standard InChI is InChI=1S/C31H25ClF3N5O2.C8H14N2O/c1-16-19(21-10-5-11-22(27(21)32)24-13-17-7-4-9-20(17)29(38-24)42-3)8-6-12-23(16)37-28-26-18(15-36-40(2)30(26)41)14-25(39-28)31(33,34)35;11-7-2-1-3-8(10-7)4-5-9-6-8/h5-6,8,10-15H,4,7,9H2,1-3H3,(H,37,39);9H,1-6H2,(H,10,11). The molecule has 2 saturated heterocycles. The largest absolute Gasteiger partial charge is 0.481 e. The zero-order valence-corrected chi connectivity index (χ0v) is 30.3. The van der Waals surface area contributed by atoms with Gasteiger partial charge in [-0.05, 0) is 86.9 Å². The van der Waals surface area contributed by atoms with Crippen molar-refractivity contribution in [1.29, 1.82) is 0 Å².